The molecule has 0 amide bonds. The Morgan fingerprint density at radius 3 is 2.27 bits per heavy atom. The lowest BCUT2D eigenvalue weighted by Crippen LogP contribution is -1.93. The van der Waals surface area contributed by atoms with Crippen LogP contribution < -0.4 is 11.1 Å². The number of benzene rings is 2. The van der Waals surface area contributed by atoms with E-state index in [0.717, 1.165) is 17.1 Å². The summed E-state index contributed by atoms with van der Waals surface area (Å²) in [5.74, 6) is 0. The van der Waals surface area contributed by atoms with Gasteiger partial charge in [-0.05, 0) is 59.0 Å². The summed E-state index contributed by atoms with van der Waals surface area (Å²) < 4.78 is 1.20. The zero-order valence-corrected chi connectivity index (χ0v) is 10.2. The van der Waals surface area contributed by atoms with E-state index in [1.54, 1.807) is 0 Å². The van der Waals surface area contributed by atoms with Gasteiger partial charge in [0, 0.05) is 14.9 Å². The number of nitrogens with two attached hydrogens (primary N) is 1. The fraction of sp³-hybridized carbons (Fsp3) is 0. The number of anilines is 3. The van der Waals surface area contributed by atoms with E-state index in [9.17, 15) is 0 Å². The number of nitrogen functional groups attached to an aromatic ring is 1. The molecule has 0 saturated carbocycles. The minimum atomic E-state index is 0.781. The highest BCUT2D eigenvalue weighted by Crippen LogP contribution is 2.22. The van der Waals surface area contributed by atoms with Crippen molar-refractivity contribution in [3.8, 4) is 0 Å². The van der Waals surface area contributed by atoms with E-state index in [1.165, 1.54) is 3.57 Å². The second-order valence-electron chi connectivity index (χ2n) is 3.23. The third-order valence-electron chi connectivity index (χ3n) is 2.06. The van der Waals surface area contributed by atoms with Crippen LogP contribution in [0.15, 0.2) is 48.5 Å². The highest BCUT2D eigenvalue weighted by Gasteiger charge is 1.97. The van der Waals surface area contributed by atoms with Crippen LogP contribution in [0.25, 0.3) is 0 Å². The van der Waals surface area contributed by atoms with Crippen LogP contribution in [0, 0.1) is 3.57 Å². The molecule has 2 rings (SSSR count). The summed E-state index contributed by atoms with van der Waals surface area (Å²) >= 11 is 2.31. The van der Waals surface area contributed by atoms with Crippen molar-refractivity contribution in [1.82, 2.24) is 0 Å². The van der Waals surface area contributed by atoms with Crippen molar-refractivity contribution in [3.05, 3.63) is 52.1 Å². The summed E-state index contributed by atoms with van der Waals surface area (Å²) in [6.07, 6.45) is 0. The summed E-state index contributed by atoms with van der Waals surface area (Å²) in [4.78, 5) is 0. The Kier molecular flexibility index (Phi) is 3.11. The predicted octanol–water partition coefficient (Wildman–Crippen LogP) is 3.62. The molecule has 0 heterocycles. The normalized spacial score (nSPS) is 9.93. The van der Waals surface area contributed by atoms with Gasteiger partial charge in [-0.3, -0.25) is 0 Å². The largest absolute Gasteiger partial charge is 0.399 e. The molecule has 76 valence electrons. The lowest BCUT2D eigenvalue weighted by molar-refractivity contribution is 1.52. The van der Waals surface area contributed by atoms with Gasteiger partial charge in [0.2, 0.25) is 0 Å². The van der Waals surface area contributed by atoms with Gasteiger partial charge < -0.3 is 11.1 Å². The zero-order valence-electron chi connectivity index (χ0n) is 8.07. The number of rotatable bonds is 2. The maximum atomic E-state index is 5.62. The van der Waals surface area contributed by atoms with E-state index in [2.05, 4.69) is 40.0 Å². The van der Waals surface area contributed by atoms with E-state index < -0.39 is 0 Å². The van der Waals surface area contributed by atoms with Gasteiger partial charge in [-0.25, -0.2) is 0 Å². The van der Waals surface area contributed by atoms with Gasteiger partial charge in [-0.15, -0.1) is 0 Å². The van der Waals surface area contributed by atoms with Gasteiger partial charge >= 0.3 is 0 Å². The first-order valence-corrected chi connectivity index (χ1v) is 5.71. The molecule has 0 bridgehead atoms. The Hall–Kier alpha value is -1.23. The standard InChI is InChI=1S/C12H11IN2/c13-11-3-1-2-4-12(11)15-10-7-5-9(14)6-8-10/h1-8,15H,14H2. The van der Waals surface area contributed by atoms with Gasteiger partial charge in [0.1, 0.15) is 0 Å². The highest BCUT2D eigenvalue weighted by atomic mass is 127. The monoisotopic (exact) mass is 310 g/mol. The number of hydrogen-bond acceptors (Lipinski definition) is 2. The van der Waals surface area contributed by atoms with Crippen molar-refractivity contribution in [1.29, 1.82) is 0 Å². The van der Waals surface area contributed by atoms with E-state index in [1.807, 2.05) is 36.4 Å². The van der Waals surface area contributed by atoms with Crippen LogP contribution >= 0.6 is 22.6 Å². The smallest absolute Gasteiger partial charge is 0.0519 e. The SMILES string of the molecule is Nc1ccc(Nc2ccccc2I)cc1. The fourth-order valence-corrected chi connectivity index (χ4v) is 1.81. The maximum Gasteiger partial charge on any atom is 0.0519 e. The number of halogens is 1. The molecule has 0 aliphatic carbocycles. The molecule has 2 aromatic rings. The second-order valence-corrected chi connectivity index (χ2v) is 4.39. The summed E-state index contributed by atoms with van der Waals surface area (Å²) in [6, 6.07) is 15.9. The third kappa shape index (κ3) is 2.62. The molecule has 2 nitrogen and oxygen atoms in total. The molecule has 0 atom stereocenters. The molecule has 3 heteroatoms. The molecule has 0 aliphatic heterocycles. The van der Waals surface area contributed by atoms with Crippen LogP contribution in [0.4, 0.5) is 17.1 Å². The van der Waals surface area contributed by atoms with Crippen molar-refractivity contribution in [2.45, 2.75) is 0 Å². The van der Waals surface area contributed by atoms with E-state index >= 15 is 0 Å². The van der Waals surface area contributed by atoms with Crippen molar-refractivity contribution >= 4 is 39.7 Å². The third-order valence-corrected chi connectivity index (χ3v) is 3.00. The second kappa shape index (κ2) is 4.53. The fourth-order valence-electron chi connectivity index (χ4n) is 1.28. The molecule has 0 unspecified atom stereocenters. The first kappa shape index (κ1) is 10.3. The van der Waals surface area contributed by atoms with E-state index in [-0.39, 0.29) is 0 Å². The average molecular weight is 310 g/mol. The lowest BCUT2D eigenvalue weighted by Gasteiger charge is -2.08. The number of nitrogens with one attached hydrogen (secondary N) is 1. The Balaban J connectivity index is 2.22. The van der Waals surface area contributed by atoms with Crippen LogP contribution in [0.3, 0.4) is 0 Å². The number of para-hydroxylation sites is 1. The van der Waals surface area contributed by atoms with E-state index in [0.29, 0.717) is 0 Å². The minimum Gasteiger partial charge on any atom is -0.399 e. The van der Waals surface area contributed by atoms with Gasteiger partial charge in [-0.1, -0.05) is 12.1 Å². The Morgan fingerprint density at radius 1 is 0.933 bits per heavy atom. The van der Waals surface area contributed by atoms with Crippen molar-refractivity contribution in [2.24, 2.45) is 0 Å². The molecule has 0 aromatic heterocycles. The van der Waals surface area contributed by atoms with E-state index in [4.69, 9.17) is 5.73 Å². The molecular weight excluding hydrogens is 299 g/mol. The Labute approximate surface area is 103 Å². The highest BCUT2D eigenvalue weighted by molar-refractivity contribution is 14.1. The Morgan fingerprint density at radius 2 is 1.60 bits per heavy atom. The first-order valence-electron chi connectivity index (χ1n) is 4.63. The predicted molar refractivity (Wildman–Crippen MR) is 73.3 cm³/mol. The molecule has 0 saturated heterocycles. The molecule has 0 spiro atoms. The van der Waals surface area contributed by atoms with Crippen LogP contribution in [0.5, 0.6) is 0 Å². The Bertz CT molecular complexity index is 451. The summed E-state index contributed by atoms with van der Waals surface area (Å²) in [6.45, 7) is 0. The molecule has 0 aliphatic rings. The summed E-state index contributed by atoms with van der Waals surface area (Å²) in [5.41, 5.74) is 8.56. The minimum absolute atomic E-state index is 0.781. The molecule has 0 radical (unpaired) electrons. The zero-order chi connectivity index (χ0) is 10.7. The molecule has 0 fully saturated rings. The van der Waals surface area contributed by atoms with Crippen LogP contribution in [0.1, 0.15) is 0 Å². The average Bonchev–Trinajstić information content (AvgIpc) is 2.25. The first-order chi connectivity index (χ1) is 7.25. The number of hydrogen-bond donors (Lipinski definition) is 2. The topological polar surface area (TPSA) is 38.0 Å². The maximum absolute atomic E-state index is 5.62. The van der Waals surface area contributed by atoms with Gasteiger partial charge in [0.25, 0.3) is 0 Å². The van der Waals surface area contributed by atoms with Crippen LogP contribution in [-0.2, 0) is 0 Å². The lowest BCUT2D eigenvalue weighted by atomic mass is 10.2. The van der Waals surface area contributed by atoms with Crippen LogP contribution in [0.2, 0.25) is 0 Å². The van der Waals surface area contributed by atoms with Crippen LogP contribution in [-0.4, -0.2) is 0 Å². The van der Waals surface area contributed by atoms with Crippen molar-refractivity contribution < 1.29 is 0 Å². The van der Waals surface area contributed by atoms with Gasteiger partial charge in [0.05, 0.1) is 5.69 Å². The van der Waals surface area contributed by atoms with Crippen molar-refractivity contribution in [2.75, 3.05) is 11.1 Å². The van der Waals surface area contributed by atoms with Crippen molar-refractivity contribution in [3.63, 3.8) is 0 Å². The quantitative estimate of drug-likeness (QED) is 0.657. The summed E-state index contributed by atoms with van der Waals surface area (Å²) in [5, 5.41) is 3.34. The van der Waals surface area contributed by atoms with Gasteiger partial charge in [0.15, 0.2) is 0 Å². The molecular formula is C12H11IN2. The summed E-state index contributed by atoms with van der Waals surface area (Å²) in [7, 11) is 0. The molecule has 2 aromatic carbocycles. The molecule has 3 N–H and O–H groups in total. The molecule has 15 heavy (non-hydrogen) atoms. The van der Waals surface area contributed by atoms with Gasteiger partial charge in [-0.2, -0.15) is 0 Å².